The number of fused-ring (bicyclic) bond motifs is 8. The third-order valence-corrected chi connectivity index (χ3v) is 13.9. The molecule has 0 amide bonds. The summed E-state index contributed by atoms with van der Waals surface area (Å²) in [5.74, 6) is 0. The van der Waals surface area contributed by atoms with Crippen LogP contribution in [0.5, 0.6) is 0 Å². The van der Waals surface area contributed by atoms with E-state index in [2.05, 4.69) is 149 Å². The van der Waals surface area contributed by atoms with E-state index in [1.165, 1.54) is 85.0 Å². The molecule has 0 nitrogen and oxygen atoms in total. The predicted octanol–water partition coefficient (Wildman–Crippen LogP) is 12.7. The van der Waals surface area contributed by atoms with Crippen LogP contribution in [0.2, 0.25) is 0 Å². The zero-order chi connectivity index (χ0) is 30.5. The van der Waals surface area contributed by atoms with Crippen LogP contribution in [0.25, 0.3) is 33.4 Å². The molecule has 0 radical (unpaired) electrons. The van der Waals surface area contributed by atoms with Gasteiger partial charge in [-0.3, -0.25) is 0 Å². The van der Waals surface area contributed by atoms with Crippen LogP contribution < -0.4 is 0 Å². The van der Waals surface area contributed by atoms with Crippen molar-refractivity contribution < 1.29 is 0 Å². The standard InChI is InChI=1S/C42H32S3/c1-41(2)30-17-6-5-14-29(30)37-32(41)22-23-36-40(37)45-39-28(16-11-21-35(39)43-36)26-13-9-12-25(24-26)27-15-10-19-33-38(27)44-34-20-8-7-18-31(34)42(33,3)4/h5-24H,1-4H3. The molecule has 218 valence electrons. The predicted molar refractivity (Wildman–Crippen MR) is 192 cm³/mol. The van der Waals surface area contributed by atoms with Gasteiger partial charge in [-0.15, -0.1) is 0 Å². The molecule has 0 atom stereocenters. The molecular formula is C42H32S3. The lowest BCUT2D eigenvalue weighted by atomic mass is 9.77. The molecule has 0 saturated carbocycles. The summed E-state index contributed by atoms with van der Waals surface area (Å²) in [4.78, 5) is 8.21. The van der Waals surface area contributed by atoms with Crippen molar-refractivity contribution in [2.75, 3.05) is 0 Å². The molecule has 0 spiro atoms. The summed E-state index contributed by atoms with van der Waals surface area (Å²) >= 11 is 5.81. The van der Waals surface area contributed by atoms with E-state index in [9.17, 15) is 0 Å². The van der Waals surface area contributed by atoms with Crippen molar-refractivity contribution in [2.24, 2.45) is 0 Å². The first-order valence-corrected chi connectivity index (χ1v) is 18.0. The Balaban J connectivity index is 1.16. The van der Waals surface area contributed by atoms with Crippen LogP contribution in [0.1, 0.15) is 49.9 Å². The van der Waals surface area contributed by atoms with Crippen molar-refractivity contribution in [2.45, 2.75) is 67.9 Å². The van der Waals surface area contributed by atoms with Crippen molar-refractivity contribution in [3.63, 3.8) is 0 Å². The van der Waals surface area contributed by atoms with Gasteiger partial charge in [-0.05, 0) is 74.3 Å². The van der Waals surface area contributed by atoms with Gasteiger partial charge in [-0.1, -0.05) is 160 Å². The van der Waals surface area contributed by atoms with Gasteiger partial charge < -0.3 is 0 Å². The van der Waals surface area contributed by atoms with E-state index >= 15 is 0 Å². The first-order valence-electron chi connectivity index (χ1n) is 15.6. The van der Waals surface area contributed by atoms with E-state index in [4.69, 9.17) is 0 Å². The SMILES string of the molecule is CC1(C)c2ccccc2Sc2c(-c3cccc(-c4cccc5c4Sc4c(ccc6c4-c4ccccc4C6(C)C)S5)c3)cccc21. The first kappa shape index (κ1) is 27.7. The van der Waals surface area contributed by atoms with E-state index in [0.717, 1.165) is 0 Å². The Morgan fingerprint density at radius 3 is 1.78 bits per heavy atom. The number of hydrogen-bond donors (Lipinski definition) is 0. The maximum atomic E-state index is 2.41. The minimum Gasteiger partial charge on any atom is -0.0888 e. The van der Waals surface area contributed by atoms with Gasteiger partial charge in [0, 0.05) is 45.8 Å². The van der Waals surface area contributed by atoms with Crippen LogP contribution in [-0.4, -0.2) is 0 Å². The van der Waals surface area contributed by atoms with Crippen LogP contribution in [0.15, 0.2) is 151 Å². The average molecular weight is 633 g/mol. The van der Waals surface area contributed by atoms with Crippen LogP contribution in [0.4, 0.5) is 0 Å². The minimum absolute atomic E-state index is 0.00221. The van der Waals surface area contributed by atoms with Crippen molar-refractivity contribution in [3.8, 4) is 33.4 Å². The molecule has 6 aromatic carbocycles. The van der Waals surface area contributed by atoms with Crippen molar-refractivity contribution in [1.82, 2.24) is 0 Å². The van der Waals surface area contributed by atoms with Gasteiger partial charge in [0.2, 0.25) is 0 Å². The molecule has 0 saturated heterocycles. The van der Waals surface area contributed by atoms with Gasteiger partial charge in [-0.2, -0.15) is 0 Å². The van der Waals surface area contributed by atoms with Crippen LogP contribution in [-0.2, 0) is 10.8 Å². The van der Waals surface area contributed by atoms with Gasteiger partial charge in [0.25, 0.3) is 0 Å². The van der Waals surface area contributed by atoms with Crippen molar-refractivity contribution in [1.29, 1.82) is 0 Å². The summed E-state index contributed by atoms with van der Waals surface area (Å²) in [5, 5.41) is 0. The van der Waals surface area contributed by atoms with E-state index < -0.39 is 0 Å². The molecule has 0 aromatic heterocycles. The molecule has 2 aliphatic heterocycles. The summed E-state index contributed by atoms with van der Waals surface area (Å²) in [5.41, 5.74) is 13.6. The van der Waals surface area contributed by atoms with Gasteiger partial charge >= 0.3 is 0 Å². The Labute approximate surface area is 278 Å². The maximum Gasteiger partial charge on any atom is 0.0344 e. The topological polar surface area (TPSA) is 0 Å². The van der Waals surface area contributed by atoms with Gasteiger partial charge in [0.1, 0.15) is 0 Å². The maximum absolute atomic E-state index is 2.41. The molecule has 1 aliphatic carbocycles. The number of hydrogen-bond acceptors (Lipinski definition) is 3. The van der Waals surface area contributed by atoms with Crippen molar-refractivity contribution in [3.05, 3.63) is 144 Å². The normalized spacial score (nSPS) is 16.1. The van der Waals surface area contributed by atoms with Crippen LogP contribution in [0, 0.1) is 0 Å². The summed E-state index contributed by atoms with van der Waals surface area (Å²) in [6.45, 7) is 9.47. The third-order valence-electron chi connectivity index (χ3n) is 10.0. The Morgan fingerprint density at radius 2 is 0.956 bits per heavy atom. The highest BCUT2D eigenvalue weighted by Gasteiger charge is 2.39. The molecule has 3 heteroatoms. The Hall–Kier alpha value is -3.63. The Kier molecular flexibility index (Phi) is 6.11. The second-order valence-corrected chi connectivity index (χ2v) is 16.5. The lowest BCUT2D eigenvalue weighted by molar-refractivity contribution is 0.608. The monoisotopic (exact) mass is 632 g/mol. The zero-order valence-corrected chi connectivity index (χ0v) is 28.2. The first-order chi connectivity index (χ1) is 21.8. The molecule has 3 aliphatic rings. The highest BCUT2D eigenvalue weighted by Crippen LogP contribution is 2.60. The highest BCUT2D eigenvalue weighted by molar-refractivity contribution is 8.05. The van der Waals surface area contributed by atoms with Crippen LogP contribution >= 0.6 is 35.3 Å². The minimum atomic E-state index is -0.0437. The number of benzene rings is 6. The van der Waals surface area contributed by atoms with E-state index in [1.807, 2.05) is 35.3 Å². The summed E-state index contributed by atoms with van der Waals surface area (Å²) < 4.78 is 0. The molecule has 0 bridgehead atoms. The lowest BCUT2D eigenvalue weighted by Gasteiger charge is -2.35. The van der Waals surface area contributed by atoms with E-state index in [1.54, 1.807) is 0 Å². The molecule has 0 N–H and O–H groups in total. The van der Waals surface area contributed by atoms with Crippen LogP contribution in [0.3, 0.4) is 0 Å². The molecule has 6 aromatic rings. The number of rotatable bonds is 2. The molecule has 0 unspecified atom stereocenters. The zero-order valence-electron chi connectivity index (χ0n) is 25.8. The Morgan fingerprint density at radius 1 is 0.378 bits per heavy atom. The second-order valence-electron chi connectivity index (χ2n) is 13.3. The van der Waals surface area contributed by atoms with Gasteiger partial charge in [-0.25, -0.2) is 0 Å². The fourth-order valence-corrected chi connectivity index (χ4v) is 11.7. The molecule has 0 fully saturated rings. The van der Waals surface area contributed by atoms with E-state index in [0.29, 0.717) is 0 Å². The summed E-state index contributed by atoms with van der Waals surface area (Å²) in [7, 11) is 0. The van der Waals surface area contributed by atoms with E-state index in [-0.39, 0.29) is 10.8 Å². The lowest BCUT2D eigenvalue weighted by Crippen LogP contribution is -2.23. The summed E-state index contributed by atoms with van der Waals surface area (Å²) in [6.07, 6.45) is 0. The molecular weight excluding hydrogens is 601 g/mol. The largest absolute Gasteiger partial charge is 0.0888 e. The van der Waals surface area contributed by atoms with Gasteiger partial charge in [0.15, 0.2) is 0 Å². The molecule has 9 rings (SSSR count). The Bertz CT molecular complexity index is 2200. The summed E-state index contributed by atoms with van der Waals surface area (Å²) in [6, 6.07) is 45.5. The molecule has 45 heavy (non-hydrogen) atoms. The molecule has 2 heterocycles. The average Bonchev–Trinajstić information content (AvgIpc) is 3.30. The quantitative estimate of drug-likeness (QED) is 0.186. The smallest absolute Gasteiger partial charge is 0.0344 e. The fraction of sp³-hybridized carbons (Fsp3) is 0.143. The third kappa shape index (κ3) is 4.03. The fourth-order valence-electron chi connectivity index (χ4n) is 7.62. The van der Waals surface area contributed by atoms with Gasteiger partial charge in [0.05, 0.1) is 0 Å². The van der Waals surface area contributed by atoms with Crippen molar-refractivity contribution >= 4 is 35.3 Å². The highest BCUT2D eigenvalue weighted by atomic mass is 32.2. The second kappa shape index (κ2) is 9.93.